The van der Waals surface area contributed by atoms with E-state index >= 15 is 0 Å². The van der Waals surface area contributed by atoms with Crippen molar-refractivity contribution in [3.63, 3.8) is 0 Å². The number of hydrogen-bond donors (Lipinski definition) is 2. The predicted molar refractivity (Wildman–Crippen MR) is 79.3 cm³/mol. The molecule has 1 atom stereocenters. The minimum atomic E-state index is 0.230. The Morgan fingerprint density at radius 2 is 1.61 bits per heavy atom. The van der Waals surface area contributed by atoms with Crippen molar-refractivity contribution in [1.82, 2.24) is 5.43 Å². The van der Waals surface area contributed by atoms with E-state index in [1.807, 2.05) is 0 Å². The Morgan fingerprint density at radius 1 is 1.00 bits per heavy atom. The van der Waals surface area contributed by atoms with Crippen LogP contribution in [0.3, 0.4) is 0 Å². The van der Waals surface area contributed by atoms with Crippen LogP contribution in [0.25, 0.3) is 0 Å². The molecule has 0 radical (unpaired) electrons. The highest BCUT2D eigenvalue weighted by molar-refractivity contribution is 5.24. The second kappa shape index (κ2) is 9.12. The Kier molecular flexibility index (Phi) is 7.70. The van der Waals surface area contributed by atoms with Crippen molar-refractivity contribution in [2.75, 3.05) is 0 Å². The Morgan fingerprint density at radius 3 is 2.22 bits per heavy atom. The molecular formula is C16H28N2. The Labute approximate surface area is 112 Å². The van der Waals surface area contributed by atoms with Crippen molar-refractivity contribution >= 4 is 0 Å². The number of rotatable bonds is 9. The third kappa shape index (κ3) is 5.65. The summed E-state index contributed by atoms with van der Waals surface area (Å²) in [5, 5.41) is 0. The Balaban J connectivity index is 2.22. The summed E-state index contributed by atoms with van der Waals surface area (Å²) in [4.78, 5) is 0. The van der Waals surface area contributed by atoms with E-state index in [9.17, 15) is 0 Å². The first-order valence-electron chi connectivity index (χ1n) is 7.33. The van der Waals surface area contributed by atoms with E-state index in [-0.39, 0.29) is 6.04 Å². The van der Waals surface area contributed by atoms with Crippen LogP contribution < -0.4 is 11.3 Å². The predicted octanol–water partition coefficient (Wildman–Crippen LogP) is 4.11. The lowest BCUT2D eigenvalue weighted by Gasteiger charge is -2.10. The lowest BCUT2D eigenvalue weighted by atomic mass is 10.0. The molecule has 102 valence electrons. The molecule has 0 bridgehead atoms. The molecule has 1 aromatic rings. The van der Waals surface area contributed by atoms with Gasteiger partial charge in [0.25, 0.3) is 0 Å². The molecule has 18 heavy (non-hydrogen) atoms. The lowest BCUT2D eigenvalue weighted by Crippen LogP contribution is -2.25. The molecule has 0 aliphatic rings. The SMILES string of the molecule is CCCCCCCCc1ccc(C(C)NN)cc1. The molecule has 0 aliphatic heterocycles. The zero-order valence-electron chi connectivity index (χ0n) is 11.9. The minimum absolute atomic E-state index is 0.230. The molecule has 0 amide bonds. The van der Waals surface area contributed by atoms with Gasteiger partial charge in [-0.1, -0.05) is 63.3 Å². The number of benzene rings is 1. The van der Waals surface area contributed by atoms with Crippen molar-refractivity contribution in [2.24, 2.45) is 5.84 Å². The summed E-state index contributed by atoms with van der Waals surface area (Å²) >= 11 is 0. The first-order chi connectivity index (χ1) is 8.77. The van der Waals surface area contributed by atoms with Gasteiger partial charge in [0.15, 0.2) is 0 Å². The molecule has 0 heterocycles. The van der Waals surface area contributed by atoms with E-state index < -0.39 is 0 Å². The summed E-state index contributed by atoms with van der Waals surface area (Å²) in [5.74, 6) is 5.43. The maximum atomic E-state index is 5.43. The standard InChI is InChI=1S/C16H28N2/c1-3-4-5-6-7-8-9-15-10-12-16(13-11-15)14(2)18-17/h10-14,18H,3-9,17H2,1-2H3. The molecule has 0 fully saturated rings. The van der Waals surface area contributed by atoms with E-state index in [1.165, 1.54) is 56.1 Å². The Bertz CT molecular complexity index is 305. The van der Waals surface area contributed by atoms with Gasteiger partial charge in [-0.25, -0.2) is 0 Å². The largest absolute Gasteiger partial charge is 0.271 e. The van der Waals surface area contributed by atoms with Gasteiger partial charge in [0.2, 0.25) is 0 Å². The van der Waals surface area contributed by atoms with Crippen molar-refractivity contribution in [3.05, 3.63) is 35.4 Å². The quantitative estimate of drug-likeness (QED) is 0.392. The monoisotopic (exact) mass is 248 g/mol. The number of nitrogens with two attached hydrogens (primary N) is 1. The zero-order chi connectivity index (χ0) is 13.2. The van der Waals surface area contributed by atoms with Gasteiger partial charge in [-0.2, -0.15) is 0 Å². The van der Waals surface area contributed by atoms with Crippen LogP contribution in [0.5, 0.6) is 0 Å². The molecule has 0 aromatic heterocycles. The summed E-state index contributed by atoms with van der Waals surface area (Å²) in [7, 11) is 0. The second-order valence-corrected chi connectivity index (χ2v) is 5.15. The summed E-state index contributed by atoms with van der Waals surface area (Å²) in [6.45, 7) is 4.33. The molecule has 2 heteroatoms. The van der Waals surface area contributed by atoms with Gasteiger partial charge in [-0.3, -0.25) is 11.3 Å². The number of nitrogens with one attached hydrogen (secondary N) is 1. The van der Waals surface area contributed by atoms with Crippen LogP contribution in [0.15, 0.2) is 24.3 Å². The fraction of sp³-hybridized carbons (Fsp3) is 0.625. The third-order valence-electron chi connectivity index (χ3n) is 3.55. The molecule has 0 spiro atoms. The fourth-order valence-corrected chi connectivity index (χ4v) is 2.18. The van der Waals surface area contributed by atoms with E-state index in [2.05, 4.69) is 43.5 Å². The van der Waals surface area contributed by atoms with E-state index in [0.717, 1.165) is 0 Å². The van der Waals surface area contributed by atoms with Gasteiger partial charge in [-0.05, 0) is 30.9 Å². The van der Waals surface area contributed by atoms with Gasteiger partial charge in [0.1, 0.15) is 0 Å². The Hall–Kier alpha value is -0.860. The lowest BCUT2D eigenvalue weighted by molar-refractivity contribution is 0.600. The number of unbranched alkanes of at least 4 members (excludes halogenated alkanes) is 5. The number of aryl methyl sites for hydroxylation is 1. The normalized spacial score (nSPS) is 12.6. The number of hydrogen-bond acceptors (Lipinski definition) is 2. The van der Waals surface area contributed by atoms with Gasteiger partial charge >= 0.3 is 0 Å². The fourth-order valence-electron chi connectivity index (χ4n) is 2.18. The summed E-state index contributed by atoms with van der Waals surface area (Å²) in [5.41, 5.74) is 5.47. The van der Waals surface area contributed by atoms with Crippen LogP contribution >= 0.6 is 0 Å². The smallest absolute Gasteiger partial charge is 0.0431 e. The molecule has 1 rings (SSSR count). The van der Waals surface area contributed by atoms with Crippen molar-refractivity contribution in [2.45, 2.75) is 64.8 Å². The molecule has 1 unspecified atom stereocenters. The van der Waals surface area contributed by atoms with Gasteiger partial charge < -0.3 is 0 Å². The van der Waals surface area contributed by atoms with Crippen LogP contribution in [0.4, 0.5) is 0 Å². The summed E-state index contributed by atoms with van der Waals surface area (Å²) in [6, 6.07) is 9.05. The van der Waals surface area contributed by atoms with E-state index in [4.69, 9.17) is 5.84 Å². The molecule has 0 saturated carbocycles. The average Bonchev–Trinajstić information content (AvgIpc) is 2.42. The van der Waals surface area contributed by atoms with E-state index in [0.29, 0.717) is 0 Å². The number of hydrazine groups is 1. The third-order valence-corrected chi connectivity index (χ3v) is 3.55. The molecule has 3 N–H and O–H groups in total. The van der Waals surface area contributed by atoms with Crippen LogP contribution in [0.1, 0.15) is 69.5 Å². The molecule has 0 aliphatic carbocycles. The summed E-state index contributed by atoms with van der Waals surface area (Å²) in [6.07, 6.45) is 9.38. The van der Waals surface area contributed by atoms with Gasteiger partial charge in [0, 0.05) is 6.04 Å². The van der Waals surface area contributed by atoms with Crippen LogP contribution in [-0.4, -0.2) is 0 Å². The van der Waals surface area contributed by atoms with Crippen molar-refractivity contribution in [3.8, 4) is 0 Å². The maximum absolute atomic E-state index is 5.43. The van der Waals surface area contributed by atoms with Crippen molar-refractivity contribution in [1.29, 1.82) is 0 Å². The van der Waals surface area contributed by atoms with Crippen LogP contribution in [-0.2, 0) is 6.42 Å². The van der Waals surface area contributed by atoms with Crippen LogP contribution in [0, 0.1) is 0 Å². The van der Waals surface area contributed by atoms with Crippen LogP contribution in [0.2, 0.25) is 0 Å². The molecular weight excluding hydrogens is 220 g/mol. The highest BCUT2D eigenvalue weighted by Gasteiger charge is 2.02. The topological polar surface area (TPSA) is 38.0 Å². The molecule has 0 saturated heterocycles. The zero-order valence-corrected chi connectivity index (χ0v) is 11.9. The van der Waals surface area contributed by atoms with Gasteiger partial charge in [0.05, 0.1) is 0 Å². The van der Waals surface area contributed by atoms with Gasteiger partial charge in [-0.15, -0.1) is 0 Å². The van der Waals surface area contributed by atoms with E-state index in [1.54, 1.807) is 0 Å². The minimum Gasteiger partial charge on any atom is -0.271 e. The highest BCUT2D eigenvalue weighted by Crippen LogP contribution is 2.14. The summed E-state index contributed by atoms with van der Waals surface area (Å²) < 4.78 is 0. The first-order valence-corrected chi connectivity index (χ1v) is 7.33. The maximum Gasteiger partial charge on any atom is 0.0431 e. The molecule has 2 nitrogen and oxygen atoms in total. The first kappa shape index (κ1) is 15.2. The highest BCUT2D eigenvalue weighted by atomic mass is 15.2. The van der Waals surface area contributed by atoms with Crippen molar-refractivity contribution < 1.29 is 0 Å². The second-order valence-electron chi connectivity index (χ2n) is 5.15. The molecule has 1 aromatic carbocycles. The average molecular weight is 248 g/mol.